The molecule has 0 N–H and O–H groups in total. The number of hydrogen-bond donors (Lipinski definition) is 0. The summed E-state index contributed by atoms with van der Waals surface area (Å²) in [6.45, 7) is 0. The van der Waals surface area contributed by atoms with Gasteiger partial charge in [0.25, 0.3) is 0 Å². The van der Waals surface area contributed by atoms with E-state index in [0.29, 0.717) is 0 Å². The third-order valence-corrected chi connectivity index (χ3v) is 16.0. The van der Waals surface area contributed by atoms with E-state index < -0.39 is 0 Å². The highest BCUT2D eigenvalue weighted by Crippen LogP contribution is 2.44. The first kappa shape index (κ1) is 54.1. The molecule has 0 aliphatic rings. The van der Waals surface area contributed by atoms with Crippen molar-refractivity contribution in [3.05, 3.63) is 465 Å². The first-order valence-electron chi connectivity index (χ1n) is 29.6. The molecule has 0 radical (unpaired) electrons. The summed E-state index contributed by atoms with van der Waals surface area (Å²) >= 11 is 0. The second-order valence-corrected chi connectivity index (χ2v) is 21.4. The Labute approximate surface area is 506 Å². The van der Waals surface area contributed by atoms with Gasteiger partial charge in [0.1, 0.15) is 0 Å². The summed E-state index contributed by atoms with van der Waals surface area (Å²) < 4.78 is 0. The quantitative estimate of drug-likeness (QED) is 0.0846. The van der Waals surface area contributed by atoms with E-state index in [-0.39, 0.29) is 0 Å². The van der Waals surface area contributed by atoms with Crippen LogP contribution in [0.4, 0.5) is 0 Å². The number of benzene rings is 13. The molecular formula is C86H62. The maximum absolute atomic E-state index is 2.33. The molecule has 0 atom stereocenters. The summed E-state index contributed by atoms with van der Waals surface area (Å²) in [7, 11) is 0. The second kappa shape index (κ2) is 25.9. The molecule has 0 nitrogen and oxygen atoms in total. The Bertz CT molecular complexity index is 4080. The summed E-state index contributed by atoms with van der Waals surface area (Å²) in [6.07, 6.45) is 0. The van der Waals surface area contributed by atoms with Crippen molar-refractivity contribution in [2.24, 2.45) is 0 Å². The smallest absolute Gasteiger partial charge is 0.00268 e. The lowest BCUT2D eigenvalue weighted by atomic mass is 9.82. The normalized spacial score (nSPS) is 11.6. The van der Waals surface area contributed by atoms with Gasteiger partial charge in [0.2, 0.25) is 0 Å². The van der Waals surface area contributed by atoms with Crippen LogP contribution in [0.5, 0.6) is 0 Å². The van der Waals surface area contributed by atoms with Crippen LogP contribution in [-0.2, 0) is 0 Å². The third kappa shape index (κ3) is 11.7. The molecule has 0 amide bonds. The second-order valence-electron chi connectivity index (χ2n) is 21.4. The Morgan fingerprint density at radius 2 is 0.151 bits per heavy atom. The fourth-order valence-electron chi connectivity index (χ4n) is 12.1. The monoisotopic (exact) mass is 1090 g/mol. The zero-order valence-electron chi connectivity index (χ0n) is 47.8. The molecule has 0 saturated heterocycles. The van der Waals surface area contributed by atoms with Crippen molar-refractivity contribution < 1.29 is 0 Å². The van der Waals surface area contributed by atoms with Gasteiger partial charge in [-0.15, -0.1) is 0 Å². The van der Waals surface area contributed by atoms with Gasteiger partial charge in [-0.05, 0) is 134 Å². The van der Waals surface area contributed by atoms with Gasteiger partial charge in [0, 0.05) is 0 Å². The topological polar surface area (TPSA) is 0 Å². The fourth-order valence-corrected chi connectivity index (χ4v) is 12.1. The molecule has 406 valence electrons. The van der Waals surface area contributed by atoms with Gasteiger partial charge in [0.15, 0.2) is 0 Å². The summed E-state index contributed by atoms with van der Waals surface area (Å²) in [5.74, 6) is 0. The molecule has 0 unspecified atom stereocenters. The van der Waals surface area contributed by atoms with Crippen LogP contribution in [0, 0.1) is 0 Å². The molecule has 13 rings (SSSR count). The molecule has 0 aliphatic carbocycles. The Morgan fingerprint density at radius 1 is 0.0814 bits per heavy atom. The van der Waals surface area contributed by atoms with Crippen LogP contribution < -0.4 is 0 Å². The third-order valence-electron chi connectivity index (χ3n) is 16.0. The average Bonchev–Trinajstić information content (AvgIpc) is 1.72. The Balaban J connectivity index is 0.986. The SMILES string of the molecule is c1ccc(C(=C(c2ccccc2)c2ccc(/C(=C(\c3ccccc3)c3ccc(/C(=C(\c4ccccc4)c4ccc(C(=C(c5ccccc5)c5ccccc5)c5ccccc5)cc4)c4ccccc4)cc3)c3ccccc3)cc2)c2ccccc2)cc1. The maximum Gasteiger partial charge on any atom is -0.00268 e. The lowest BCUT2D eigenvalue weighted by Gasteiger charge is -2.21. The number of hydrogen-bond acceptors (Lipinski definition) is 0. The average molecular weight is 1100 g/mol. The van der Waals surface area contributed by atoms with Crippen molar-refractivity contribution in [1.82, 2.24) is 0 Å². The zero-order valence-corrected chi connectivity index (χ0v) is 47.8. The van der Waals surface area contributed by atoms with E-state index in [1.807, 2.05) is 0 Å². The van der Waals surface area contributed by atoms with E-state index >= 15 is 0 Å². The largest absolute Gasteiger partial charge is 0.0622 e. The molecule has 0 fully saturated rings. The van der Waals surface area contributed by atoms with Crippen LogP contribution in [0.2, 0.25) is 0 Å². The van der Waals surface area contributed by atoms with E-state index in [4.69, 9.17) is 0 Å². The minimum Gasteiger partial charge on any atom is -0.0622 e. The van der Waals surface area contributed by atoms with Gasteiger partial charge >= 0.3 is 0 Å². The van der Waals surface area contributed by atoms with Gasteiger partial charge < -0.3 is 0 Å². The van der Waals surface area contributed by atoms with E-state index in [1.165, 1.54) is 44.5 Å². The molecule has 13 aromatic carbocycles. The molecule has 0 aliphatic heterocycles. The summed E-state index contributed by atoms with van der Waals surface area (Å²) in [5.41, 5.74) is 27.7. The highest BCUT2D eigenvalue weighted by Gasteiger charge is 2.23. The predicted molar refractivity (Wildman–Crippen MR) is 364 cm³/mol. The van der Waals surface area contributed by atoms with Crippen LogP contribution in [0.3, 0.4) is 0 Å². The van der Waals surface area contributed by atoms with Gasteiger partial charge in [-0.3, -0.25) is 0 Å². The summed E-state index contributed by atoms with van der Waals surface area (Å²) in [6, 6.07) is 136. The van der Waals surface area contributed by atoms with E-state index in [2.05, 4.69) is 376 Å². The summed E-state index contributed by atoms with van der Waals surface area (Å²) in [4.78, 5) is 0. The summed E-state index contributed by atoms with van der Waals surface area (Å²) in [5, 5.41) is 0. The molecule has 0 bridgehead atoms. The van der Waals surface area contributed by atoms with Crippen molar-refractivity contribution in [2.75, 3.05) is 0 Å². The standard InChI is InChI=1S/C86H62/c1-11-31-63(32-12-1)79(64-33-13-2-14-34-64)81(67-39-19-5-20-40-67)73-51-55-75(56-52-73)83(69-43-23-7-24-44-69)85(71-47-27-9-28-48-71)77-59-61-78(62-60-77)86(72-49-29-10-30-50-72)84(70-45-25-8-26-46-70)76-57-53-74(54-58-76)82(68-41-21-6-22-42-68)80(65-35-15-3-16-36-65)66-37-17-4-18-38-66/h1-62H/b85-83+,86-84+. The van der Waals surface area contributed by atoms with Crippen molar-refractivity contribution >= 4 is 44.6 Å². The first-order valence-corrected chi connectivity index (χ1v) is 29.6. The lowest BCUT2D eigenvalue weighted by molar-refractivity contribution is 1.46. The van der Waals surface area contributed by atoms with E-state index in [9.17, 15) is 0 Å². The fraction of sp³-hybridized carbons (Fsp3) is 0. The molecule has 0 saturated carbocycles. The Morgan fingerprint density at radius 3 is 0.233 bits per heavy atom. The maximum atomic E-state index is 2.33. The van der Waals surface area contributed by atoms with Crippen LogP contribution in [0.15, 0.2) is 376 Å². The highest BCUT2D eigenvalue weighted by atomic mass is 14.3. The first-order chi connectivity index (χ1) is 42.7. The van der Waals surface area contributed by atoms with E-state index in [0.717, 1.165) is 89.1 Å². The molecule has 0 spiro atoms. The zero-order chi connectivity index (χ0) is 57.7. The van der Waals surface area contributed by atoms with Crippen molar-refractivity contribution in [1.29, 1.82) is 0 Å². The van der Waals surface area contributed by atoms with Crippen molar-refractivity contribution in [3.8, 4) is 0 Å². The van der Waals surface area contributed by atoms with Crippen LogP contribution in [-0.4, -0.2) is 0 Å². The molecule has 0 heterocycles. The van der Waals surface area contributed by atoms with Crippen molar-refractivity contribution in [2.45, 2.75) is 0 Å². The molecular weight excluding hydrogens is 1030 g/mol. The highest BCUT2D eigenvalue weighted by molar-refractivity contribution is 6.09. The van der Waals surface area contributed by atoms with Gasteiger partial charge in [-0.2, -0.15) is 0 Å². The minimum atomic E-state index is 1.12. The molecule has 0 aromatic heterocycles. The van der Waals surface area contributed by atoms with Gasteiger partial charge in [0.05, 0.1) is 0 Å². The lowest BCUT2D eigenvalue weighted by Crippen LogP contribution is -2.01. The van der Waals surface area contributed by atoms with Crippen LogP contribution >= 0.6 is 0 Å². The van der Waals surface area contributed by atoms with Gasteiger partial charge in [-0.1, -0.05) is 376 Å². The number of rotatable bonds is 16. The van der Waals surface area contributed by atoms with E-state index in [1.54, 1.807) is 0 Å². The van der Waals surface area contributed by atoms with Crippen LogP contribution in [0.25, 0.3) is 44.6 Å². The molecule has 13 aromatic rings. The molecule has 86 heavy (non-hydrogen) atoms. The Hall–Kier alpha value is -11.2. The van der Waals surface area contributed by atoms with Gasteiger partial charge in [-0.25, -0.2) is 0 Å². The molecule has 0 heteroatoms. The van der Waals surface area contributed by atoms with Crippen LogP contribution in [0.1, 0.15) is 89.0 Å². The Kier molecular flexibility index (Phi) is 16.3. The van der Waals surface area contributed by atoms with Crippen molar-refractivity contribution in [3.63, 3.8) is 0 Å². The predicted octanol–water partition coefficient (Wildman–Crippen LogP) is 21.7. The minimum absolute atomic E-state index is 1.12.